The van der Waals surface area contributed by atoms with Crippen LogP contribution in [0.15, 0.2) is 96.8 Å². The lowest BCUT2D eigenvalue weighted by atomic mass is 10.2. The average molecular weight is 377 g/mol. The maximum atomic E-state index is 6.22. The molecule has 0 aliphatic heterocycles. The number of rotatable bonds is 8. The monoisotopic (exact) mass is 376 g/mol. The van der Waals surface area contributed by atoms with Gasteiger partial charge in [-0.3, -0.25) is 0 Å². The molecule has 0 radical (unpaired) electrons. The highest BCUT2D eigenvalue weighted by molar-refractivity contribution is 8.16. The van der Waals surface area contributed by atoms with Crippen molar-refractivity contribution >= 4 is 23.9 Å². The number of aryl methyl sites for hydroxylation is 2. The van der Waals surface area contributed by atoms with Gasteiger partial charge in [0, 0.05) is 0 Å². The molecule has 0 fully saturated rings. The second-order valence-corrected chi connectivity index (χ2v) is 11.9. The summed E-state index contributed by atoms with van der Waals surface area (Å²) < 4.78 is 0. The third kappa shape index (κ3) is 6.09. The Balaban J connectivity index is 1.73. The van der Waals surface area contributed by atoms with Crippen LogP contribution in [0.5, 0.6) is 0 Å². The summed E-state index contributed by atoms with van der Waals surface area (Å²) >= 11 is 6.22. The first-order valence-corrected chi connectivity index (χ1v) is 12.4. The van der Waals surface area contributed by atoms with Crippen molar-refractivity contribution in [2.24, 2.45) is 0 Å². The van der Waals surface area contributed by atoms with Crippen LogP contribution >= 0.6 is 6.04 Å². The maximum Gasteiger partial charge on any atom is -0.0161 e. The van der Waals surface area contributed by atoms with Crippen molar-refractivity contribution in [3.63, 3.8) is 0 Å². The Hall–Kier alpha value is -1.95. The normalized spacial score (nSPS) is 11.7. The zero-order valence-corrected chi connectivity index (χ0v) is 16.7. The number of hydrogen-bond acceptors (Lipinski definition) is 1. The Morgan fingerprint density at radius 3 is 1.50 bits per heavy atom. The minimum atomic E-state index is -1.56. The molecular weight excluding hydrogens is 351 g/mol. The fraction of sp³-hybridized carbons (Fsp3) is 0.167. The van der Waals surface area contributed by atoms with E-state index in [0.29, 0.717) is 0 Å². The highest BCUT2D eigenvalue weighted by Gasteiger charge is 2.14. The molecule has 0 atom stereocenters. The molecule has 0 aliphatic rings. The van der Waals surface area contributed by atoms with E-state index in [9.17, 15) is 0 Å². The molecule has 0 N–H and O–H groups in total. The lowest BCUT2D eigenvalue weighted by Crippen LogP contribution is -2.00. The quantitative estimate of drug-likeness (QED) is 0.398. The van der Waals surface area contributed by atoms with E-state index < -0.39 is 6.04 Å². The van der Waals surface area contributed by atoms with Crippen molar-refractivity contribution < 1.29 is 0 Å². The van der Waals surface area contributed by atoms with Crippen LogP contribution in [0.1, 0.15) is 16.7 Å². The summed E-state index contributed by atoms with van der Waals surface area (Å²) in [5.74, 6) is 2.35. The third-order valence-corrected chi connectivity index (χ3v) is 8.70. The van der Waals surface area contributed by atoms with Crippen molar-refractivity contribution in [1.82, 2.24) is 0 Å². The fourth-order valence-electron chi connectivity index (χ4n) is 2.97. The molecule has 132 valence electrons. The van der Waals surface area contributed by atoms with Crippen LogP contribution in [0.4, 0.5) is 0 Å². The molecule has 26 heavy (non-hydrogen) atoms. The minimum absolute atomic E-state index is 1.06. The predicted octanol–water partition coefficient (Wildman–Crippen LogP) is 6.62. The minimum Gasteiger partial charge on any atom is -0.0931 e. The second kappa shape index (κ2) is 9.67. The van der Waals surface area contributed by atoms with Gasteiger partial charge in [-0.25, -0.2) is 0 Å². The topological polar surface area (TPSA) is 0 Å². The second-order valence-electron chi connectivity index (χ2n) is 6.60. The summed E-state index contributed by atoms with van der Waals surface area (Å²) in [5, 5.41) is 0. The van der Waals surface area contributed by atoms with Crippen LogP contribution in [0, 0.1) is 0 Å². The molecule has 0 amide bonds. The van der Waals surface area contributed by atoms with Crippen LogP contribution in [0.2, 0.25) is 0 Å². The van der Waals surface area contributed by atoms with Gasteiger partial charge < -0.3 is 0 Å². The van der Waals surface area contributed by atoms with Gasteiger partial charge in [0.1, 0.15) is 0 Å². The van der Waals surface area contributed by atoms with Crippen molar-refractivity contribution in [2.75, 3.05) is 12.3 Å². The molecule has 0 saturated heterocycles. The van der Waals surface area contributed by atoms with Gasteiger partial charge in [-0.2, -0.15) is 0 Å². The van der Waals surface area contributed by atoms with E-state index in [0.717, 1.165) is 25.2 Å². The van der Waals surface area contributed by atoms with E-state index in [1.165, 1.54) is 16.7 Å². The molecule has 2 heteroatoms. The highest BCUT2D eigenvalue weighted by atomic mass is 32.4. The summed E-state index contributed by atoms with van der Waals surface area (Å²) in [7, 11) is 0. The molecule has 0 aromatic heterocycles. The largest absolute Gasteiger partial charge is 0.0931 e. The average Bonchev–Trinajstić information content (AvgIpc) is 2.72. The van der Waals surface area contributed by atoms with E-state index in [2.05, 4.69) is 103 Å². The summed E-state index contributed by atoms with van der Waals surface area (Å²) in [5.41, 5.74) is 4.00. The first-order chi connectivity index (χ1) is 12.7. The molecular formula is C24H25PS. The molecule has 3 aromatic carbocycles. The summed E-state index contributed by atoms with van der Waals surface area (Å²) in [4.78, 5) is 0. The maximum absolute atomic E-state index is 6.22. The van der Waals surface area contributed by atoms with Gasteiger partial charge in [-0.1, -0.05) is 115 Å². The zero-order valence-electron chi connectivity index (χ0n) is 15.0. The van der Waals surface area contributed by atoms with Crippen molar-refractivity contribution in [1.29, 1.82) is 0 Å². The van der Waals surface area contributed by atoms with Crippen molar-refractivity contribution in [3.05, 3.63) is 114 Å². The summed E-state index contributed by atoms with van der Waals surface area (Å²) in [6.07, 6.45) is 6.53. The van der Waals surface area contributed by atoms with E-state index >= 15 is 0 Å². The van der Waals surface area contributed by atoms with Crippen molar-refractivity contribution in [2.45, 2.75) is 12.8 Å². The van der Waals surface area contributed by atoms with Gasteiger partial charge in [-0.05, 0) is 47.9 Å². The first-order valence-electron chi connectivity index (χ1n) is 9.13. The summed E-state index contributed by atoms with van der Waals surface area (Å²) in [6, 6.07) is 30.4. The first kappa shape index (κ1) is 18.8. The Kier molecular flexibility index (Phi) is 7.00. The lowest BCUT2D eigenvalue weighted by molar-refractivity contribution is 1.11. The third-order valence-electron chi connectivity index (χ3n) is 4.58. The molecule has 3 aromatic rings. The smallest absolute Gasteiger partial charge is 0.0161 e. The Morgan fingerprint density at radius 1 is 0.615 bits per heavy atom. The lowest BCUT2D eigenvalue weighted by Gasteiger charge is -2.19. The van der Waals surface area contributed by atoms with Crippen LogP contribution in [0.3, 0.4) is 0 Å². The van der Waals surface area contributed by atoms with Gasteiger partial charge in [-0.15, -0.1) is 0 Å². The number of benzene rings is 3. The molecule has 0 nitrogen and oxygen atoms in total. The molecule has 0 spiro atoms. The van der Waals surface area contributed by atoms with Crippen molar-refractivity contribution in [3.8, 4) is 0 Å². The van der Waals surface area contributed by atoms with Gasteiger partial charge in [0.15, 0.2) is 0 Å². The van der Waals surface area contributed by atoms with Crippen LogP contribution in [-0.2, 0) is 24.6 Å². The van der Waals surface area contributed by atoms with E-state index in [1.807, 2.05) is 0 Å². The van der Waals surface area contributed by atoms with E-state index in [4.69, 9.17) is 11.8 Å². The van der Waals surface area contributed by atoms with Crippen LogP contribution in [0.25, 0.3) is 6.08 Å². The fourth-order valence-corrected chi connectivity index (χ4v) is 5.94. The van der Waals surface area contributed by atoms with Gasteiger partial charge in [0.2, 0.25) is 0 Å². The van der Waals surface area contributed by atoms with Crippen LogP contribution in [-0.4, -0.2) is 12.3 Å². The van der Waals surface area contributed by atoms with Gasteiger partial charge in [0.05, 0.1) is 0 Å². The Morgan fingerprint density at radius 2 is 1.04 bits per heavy atom. The molecule has 0 heterocycles. The zero-order chi connectivity index (χ0) is 18.1. The summed E-state index contributed by atoms with van der Waals surface area (Å²) in [6.45, 7) is 0. The number of hydrogen-bond donors (Lipinski definition) is 0. The molecule has 0 bridgehead atoms. The highest BCUT2D eigenvalue weighted by Crippen LogP contribution is 2.49. The Labute approximate surface area is 162 Å². The van der Waals surface area contributed by atoms with Gasteiger partial charge >= 0.3 is 0 Å². The molecule has 0 aliphatic carbocycles. The van der Waals surface area contributed by atoms with E-state index in [-0.39, 0.29) is 0 Å². The standard InChI is InChI=1S/C24H25PS/c26-25(19-16-22-10-4-1-5-11-22,20-17-23-12-6-2-7-13-23)21-18-24-14-8-3-9-15-24/h1-16,19H,17-18,20-21H2/b19-16-. The SMILES string of the molecule is S=P(/C=C\c1ccccc1)(CCc1ccccc1)CCc1ccccc1. The molecule has 3 rings (SSSR count). The van der Waals surface area contributed by atoms with Crippen LogP contribution < -0.4 is 0 Å². The predicted molar refractivity (Wildman–Crippen MR) is 120 cm³/mol. The molecule has 0 saturated carbocycles. The van der Waals surface area contributed by atoms with Gasteiger partial charge in [0.25, 0.3) is 0 Å². The molecule has 0 unspecified atom stereocenters. The van der Waals surface area contributed by atoms with E-state index in [1.54, 1.807) is 0 Å². The Bertz CT molecular complexity index is 807.